The van der Waals surface area contributed by atoms with Crippen LogP contribution in [0.2, 0.25) is 0 Å². The van der Waals surface area contributed by atoms with E-state index in [4.69, 9.17) is 14.5 Å². The quantitative estimate of drug-likeness (QED) is 0.797. The van der Waals surface area contributed by atoms with E-state index in [0.29, 0.717) is 12.5 Å². The van der Waals surface area contributed by atoms with Gasteiger partial charge >= 0.3 is 0 Å². The standard InChI is InChI=1S/C21H30N6O2/c1-15-17(10-24-26-15)11-27-5-4-21(13-27)14-29-12-18-9-23-20(25-19(18)21)22-8-16-2-6-28-7-3-16/h9-10,16H,2-8,11-14H2,1H3,(H,24,26)(H,22,23,25). The minimum absolute atomic E-state index is 0.0384. The van der Waals surface area contributed by atoms with Crippen LogP contribution in [0.15, 0.2) is 12.4 Å². The Hall–Kier alpha value is -2.03. The number of ether oxygens (including phenoxy) is 2. The number of aromatic nitrogens is 4. The van der Waals surface area contributed by atoms with Gasteiger partial charge in [0.2, 0.25) is 5.95 Å². The molecular formula is C21H30N6O2. The summed E-state index contributed by atoms with van der Waals surface area (Å²) in [4.78, 5) is 12.1. The van der Waals surface area contributed by atoms with E-state index in [1.165, 1.54) is 11.3 Å². The molecule has 0 amide bonds. The maximum Gasteiger partial charge on any atom is 0.222 e. The third kappa shape index (κ3) is 3.89. The van der Waals surface area contributed by atoms with E-state index in [9.17, 15) is 0 Å². The fourth-order valence-electron chi connectivity index (χ4n) is 4.85. The molecule has 8 heteroatoms. The lowest BCUT2D eigenvalue weighted by molar-refractivity contribution is 0.0503. The molecular weight excluding hydrogens is 368 g/mol. The molecule has 0 aromatic carbocycles. The zero-order valence-electron chi connectivity index (χ0n) is 17.1. The van der Waals surface area contributed by atoms with Gasteiger partial charge in [0.25, 0.3) is 0 Å². The van der Waals surface area contributed by atoms with Gasteiger partial charge in [-0.3, -0.25) is 10.00 Å². The van der Waals surface area contributed by atoms with Crippen LogP contribution in [-0.2, 0) is 28.0 Å². The number of nitrogens with one attached hydrogen (secondary N) is 2. The summed E-state index contributed by atoms with van der Waals surface area (Å²) in [7, 11) is 0. The summed E-state index contributed by atoms with van der Waals surface area (Å²) in [6.07, 6.45) is 7.17. The van der Waals surface area contributed by atoms with Crippen LogP contribution in [0.3, 0.4) is 0 Å². The molecule has 156 valence electrons. The molecule has 5 rings (SSSR count). The summed E-state index contributed by atoms with van der Waals surface area (Å²) in [5.41, 5.74) is 4.69. The number of hydrogen-bond donors (Lipinski definition) is 2. The van der Waals surface area contributed by atoms with Crippen molar-refractivity contribution in [1.82, 2.24) is 25.1 Å². The van der Waals surface area contributed by atoms with Gasteiger partial charge in [-0.2, -0.15) is 5.10 Å². The number of rotatable bonds is 5. The molecule has 1 spiro atoms. The van der Waals surface area contributed by atoms with Crippen molar-refractivity contribution in [2.45, 2.75) is 44.8 Å². The van der Waals surface area contributed by atoms with Crippen LogP contribution in [-0.4, -0.2) is 64.5 Å². The van der Waals surface area contributed by atoms with Crippen molar-refractivity contribution in [3.05, 3.63) is 34.9 Å². The molecule has 2 saturated heterocycles. The summed E-state index contributed by atoms with van der Waals surface area (Å²) >= 11 is 0. The lowest BCUT2D eigenvalue weighted by Crippen LogP contribution is -2.40. The second-order valence-electron chi connectivity index (χ2n) is 8.76. The number of aromatic amines is 1. The van der Waals surface area contributed by atoms with Crippen LogP contribution < -0.4 is 5.32 Å². The monoisotopic (exact) mass is 398 g/mol. The first-order chi connectivity index (χ1) is 14.2. The average molecular weight is 399 g/mol. The van der Waals surface area contributed by atoms with Crippen LogP contribution in [0.4, 0.5) is 5.95 Å². The van der Waals surface area contributed by atoms with E-state index in [1.807, 2.05) is 12.4 Å². The molecule has 1 atom stereocenters. The molecule has 2 aromatic rings. The molecule has 0 aliphatic carbocycles. The molecule has 2 aromatic heterocycles. The third-order valence-corrected chi connectivity index (χ3v) is 6.65. The maximum atomic E-state index is 5.98. The van der Waals surface area contributed by atoms with Gasteiger partial charge in [-0.15, -0.1) is 0 Å². The fourth-order valence-corrected chi connectivity index (χ4v) is 4.85. The summed E-state index contributed by atoms with van der Waals surface area (Å²) in [5, 5.41) is 10.7. The molecule has 5 heterocycles. The highest BCUT2D eigenvalue weighted by Gasteiger charge is 2.45. The van der Waals surface area contributed by atoms with Gasteiger partial charge in [0, 0.05) is 55.9 Å². The van der Waals surface area contributed by atoms with Crippen molar-refractivity contribution < 1.29 is 9.47 Å². The summed E-state index contributed by atoms with van der Waals surface area (Å²) in [6.45, 7) is 8.99. The van der Waals surface area contributed by atoms with Gasteiger partial charge in [0.15, 0.2) is 0 Å². The molecule has 0 bridgehead atoms. The normalized spacial score (nSPS) is 25.4. The Morgan fingerprint density at radius 2 is 2.17 bits per heavy atom. The Morgan fingerprint density at radius 3 is 3.00 bits per heavy atom. The van der Waals surface area contributed by atoms with E-state index in [2.05, 4.69) is 32.3 Å². The molecule has 0 radical (unpaired) electrons. The van der Waals surface area contributed by atoms with Gasteiger partial charge in [0.1, 0.15) is 0 Å². The third-order valence-electron chi connectivity index (χ3n) is 6.65. The zero-order chi connectivity index (χ0) is 19.7. The van der Waals surface area contributed by atoms with Crippen molar-refractivity contribution >= 4 is 5.95 Å². The SMILES string of the molecule is Cc1[nH]ncc1CN1CCC2(COCc3cnc(NCC4CCOCC4)nc32)C1. The predicted octanol–water partition coefficient (Wildman–Crippen LogP) is 2.02. The molecule has 2 N–H and O–H groups in total. The first-order valence-electron chi connectivity index (χ1n) is 10.7. The van der Waals surface area contributed by atoms with Crippen molar-refractivity contribution in [2.24, 2.45) is 5.92 Å². The van der Waals surface area contributed by atoms with Crippen LogP contribution in [0.1, 0.15) is 41.8 Å². The van der Waals surface area contributed by atoms with E-state index in [0.717, 1.165) is 82.5 Å². The van der Waals surface area contributed by atoms with Crippen LogP contribution in [0, 0.1) is 12.8 Å². The van der Waals surface area contributed by atoms with Crippen molar-refractivity contribution in [3.8, 4) is 0 Å². The van der Waals surface area contributed by atoms with Crippen LogP contribution in [0.25, 0.3) is 0 Å². The molecule has 3 aliphatic rings. The molecule has 3 aliphatic heterocycles. The lowest BCUT2D eigenvalue weighted by Gasteiger charge is -2.34. The van der Waals surface area contributed by atoms with E-state index in [-0.39, 0.29) is 5.41 Å². The smallest absolute Gasteiger partial charge is 0.222 e. The number of likely N-dealkylation sites (tertiary alicyclic amines) is 1. The topological polar surface area (TPSA) is 88.2 Å². The van der Waals surface area contributed by atoms with Gasteiger partial charge in [-0.25, -0.2) is 9.97 Å². The first-order valence-corrected chi connectivity index (χ1v) is 10.7. The highest BCUT2D eigenvalue weighted by atomic mass is 16.5. The van der Waals surface area contributed by atoms with Crippen molar-refractivity contribution in [2.75, 3.05) is 44.8 Å². The van der Waals surface area contributed by atoms with Crippen LogP contribution >= 0.6 is 0 Å². The van der Waals surface area contributed by atoms with E-state index >= 15 is 0 Å². The molecule has 29 heavy (non-hydrogen) atoms. The molecule has 8 nitrogen and oxygen atoms in total. The highest BCUT2D eigenvalue weighted by Crippen LogP contribution is 2.39. The minimum atomic E-state index is -0.0384. The Morgan fingerprint density at radius 1 is 1.28 bits per heavy atom. The minimum Gasteiger partial charge on any atom is -0.381 e. The second kappa shape index (κ2) is 8.01. The molecule has 0 saturated carbocycles. The number of H-pyrrole nitrogens is 1. The Kier molecular flexibility index (Phi) is 5.24. The summed E-state index contributed by atoms with van der Waals surface area (Å²) < 4.78 is 11.4. The largest absolute Gasteiger partial charge is 0.381 e. The predicted molar refractivity (Wildman–Crippen MR) is 109 cm³/mol. The van der Waals surface area contributed by atoms with Crippen molar-refractivity contribution in [1.29, 1.82) is 0 Å². The number of hydrogen-bond acceptors (Lipinski definition) is 7. The Bertz CT molecular complexity index is 849. The van der Waals surface area contributed by atoms with Gasteiger partial charge in [-0.1, -0.05) is 0 Å². The van der Waals surface area contributed by atoms with Gasteiger partial charge in [0.05, 0.1) is 30.5 Å². The summed E-state index contributed by atoms with van der Waals surface area (Å²) in [5.74, 6) is 1.39. The Balaban J connectivity index is 1.31. The maximum absolute atomic E-state index is 5.98. The van der Waals surface area contributed by atoms with E-state index in [1.54, 1.807) is 0 Å². The average Bonchev–Trinajstić information content (AvgIpc) is 3.35. The number of nitrogens with zero attached hydrogens (tertiary/aromatic N) is 4. The summed E-state index contributed by atoms with van der Waals surface area (Å²) in [6, 6.07) is 0. The molecule has 2 fully saturated rings. The lowest BCUT2D eigenvalue weighted by atomic mass is 9.80. The second-order valence-corrected chi connectivity index (χ2v) is 8.76. The van der Waals surface area contributed by atoms with Crippen molar-refractivity contribution in [3.63, 3.8) is 0 Å². The number of aryl methyl sites for hydroxylation is 1. The fraction of sp³-hybridized carbons (Fsp3) is 0.667. The number of anilines is 1. The first kappa shape index (κ1) is 19.0. The van der Waals surface area contributed by atoms with Gasteiger partial charge < -0.3 is 14.8 Å². The van der Waals surface area contributed by atoms with Gasteiger partial charge in [-0.05, 0) is 38.6 Å². The molecule has 1 unspecified atom stereocenters. The van der Waals surface area contributed by atoms with Crippen LogP contribution in [0.5, 0.6) is 0 Å². The van der Waals surface area contributed by atoms with E-state index < -0.39 is 0 Å². The Labute approximate surface area is 171 Å². The zero-order valence-corrected chi connectivity index (χ0v) is 17.1. The highest BCUT2D eigenvalue weighted by molar-refractivity contribution is 5.36. The number of fused-ring (bicyclic) bond motifs is 2.